The number of Topliss-reactive ketones (excluding diaryl/α,β-unsaturated/α-hetero) is 1. The lowest BCUT2D eigenvalue weighted by Gasteiger charge is -2.23. The van der Waals surface area contributed by atoms with Crippen LogP contribution in [0.4, 0.5) is 4.39 Å². The minimum atomic E-state index is -0.963. The summed E-state index contributed by atoms with van der Waals surface area (Å²) in [6, 6.07) is 12.5. The Kier molecular flexibility index (Phi) is 5.76. The van der Waals surface area contributed by atoms with Crippen molar-refractivity contribution in [2.75, 3.05) is 7.11 Å². The van der Waals surface area contributed by atoms with E-state index in [0.717, 1.165) is 0 Å². The number of hydrogen-bond donors (Lipinski definition) is 1. The van der Waals surface area contributed by atoms with Gasteiger partial charge in [-0.25, -0.2) is 4.39 Å². The molecule has 1 atom stereocenters. The van der Waals surface area contributed by atoms with Crippen molar-refractivity contribution in [1.29, 1.82) is 0 Å². The third kappa shape index (κ3) is 3.87. The van der Waals surface area contributed by atoms with Crippen molar-refractivity contribution in [1.82, 2.24) is 4.90 Å². The number of methoxy groups -OCH3 is 1. The molecule has 0 bridgehead atoms. The van der Waals surface area contributed by atoms with Crippen molar-refractivity contribution in [2.24, 2.45) is 0 Å². The quantitative estimate of drug-likeness (QED) is 0.332. The van der Waals surface area contributed by atoms with Crippen LogP contribution in [0, 0.1) is 12.7 Å². The second-order valence-electron chi connectivity index (χ2n) is 7.35. The largest absolute Gasteiger partial charge is 0.507 e. The average molecular weight is 456 g/mol. The van der Waals surface area contributed by atoms with Gasteiger partial charge in [0.1, 0.15) is 34.9 Å². The third-order valence-electron chi connectivity index (χ3n) is 5.26. The molecule has 1 unspecified atom stereocenters. The number of ether oxygens (including phenoxy) is 1. The first-order valence-electron chi connectivity index (χ1n) is 9.73. The number of ketones is 1. The molecule has 1 amide bonds. The van der Waals surface area contributed by atoms with Gasteiger partial charge in [0.05, 0.1) is 17.7 Å². The second kappa shape index (κ2) is 8.51. The number of hydrogen-bond acceptors (Lipinski definition) is 5. The molecule has 0 spiro atoms. The number of likely N-dealkylation sites (tertiary alicyclic amines) is 1. The van der Waals surface area contributed by atoms with E-state index in [4.69, 9.17) is 20.8 Å². The molecule has 8 heteroatoms. The summed E-state index contributed by atoms with van der Waals surface area (Å²) in [7, 11) is 1.43. The standard InChI is InChI=1S/C24H19ClFNO5/c1-13-3-10-18(32-13)21-20(22(28)15-6-9-17(25)19(11-15)31-2)23(29)24(30)27(21)12-14-4-7-16(26)8-5-14/h3-11,21,28H,12H2,1-2H3/b22-20-. The Morgan fingerprint density at radius 3 is 2.50 bits per heavy atom. The highest BCUT2D eigenvalue weighted by Gasteiger charge is 2.47. The lowest BCUT2D eigenvalue weighted by Crippen LogP contribution is -2.29. The van der Waals surface area contributed by atoms with Crippen LogP contribution < -0.4 is 4.74 Å². The van der Waals surface area contributed by atoms with Crippen LogP contribution in [-0.2, 0) is 16.1 Å². The predicted octanol–water partition coefficient (Wildman–Crippen LogP) is 5.01. The molecular weight excluding hydrogens is 437 g/mol. The fourth-order valence-electron chi connectivity index (χ4n) is 3.69. The maximum Gasteiger partial charge on any atom is 0.296 e. The monoisotopic (exact) mass is 455 g/mol. The number of rotatable bonds is 5. The highest BCUT2D eigenvalue weighted by molar-refractivity contribution is 6.46. The van der Waals surface area contributed by atoms with Crippen LogP contribution in [0.25, 0.3) is 5.76 Å². The normalized spacial score (nSPS) is 17.8. The zero-order chi connectivity index (χ0) is 23.0. The maximum absolute atomic E-state index is 13.3. The van der Waals surface area contributed by atoms with Gasteiger partial charge in [-0.05, 0) is 55.0 Å². The minimum Gasteiger partial charge on any atom is -0.507 e. The topological polar surface area (TPSA) is 80.0 Å². The van der Waals surface area contributed by atoms with Gasteiger partial charge in [-0.3, -0.25) is 9.59 Å². The minimum absolute atomic E-state index is 0.0238. The molecule has 0 radical (unpaired) electrons. The number of carbonyl (C=O) groups is 2. The summed E-state index contributed by atoms with van der Waals surface area (Å²) < 4.78 is 24.2. The summed E-state index contributed by atoms with van der Waals surface area (Å²) >= 11 is 6.07. The van der Waals surface area contributed by atoms with E-state index in [2.05, 4.69) is 0 Å². The molecule has 1 aliphatic heterocycles. The van der Waals surface area contributed by atoms with E-state index in [0.29, 0.717) is 27.9 Å². The van der Waals surface area contributed by atoms with Crippen LogP contribution in [0.15, 0.2) is 64.6 Å². The molecule has 32 heavy (non-hydrogen) atoms. The Bertz CT molecular complexity index is 1230. The van der Waals surface area contributed by atoms with E-state index in [1.165, 1.54) is 54.5 Å². The highest BCUT2D eigenvalue weighted by Crippen LogP contribution is 2.41. The molecule has 1 aromatic heterocycles. The zero-order valence-corrected chi connectivity index (χ0v) is 18.0. The van der Waals surface area contributed by atoms with E-state index >= 15 is 0 Å². The predicted molar refractivity (Wildman–Crippen MR) is 116 cm³/mol. The van der Waals surface area contributed by atoms with Crippen LogP contribution in [0.5, 0.6) is 5.75 Å². The number of aryl methyl sites for hydroxylation is 1. The summed E-state index contributed by atoms with van der Waals surface area (Å²) in [4.78, 5) is 27.3. The van der Waals surface area contributed by atoms with Gasteiger partial charge in [0.2, 0.25) is 0 Å². The summed E-state index contributed by atoms with van der Waals surface area (Å²) in [5, 5.41) is 11.4. The Balaban J connectivity index is 1.84. The first-order valence-corrected chi connectivity index (χ1v) is 10.1. The first-order chi connectivity index (χ1) is 15.3. The molecule has 6 nitrogen and oxygen atoms in total. The Labute approximate surface area is 188 Å². The fourth-order valence-corrected chi connectivity index (χ4v) is 3.88. The van der Waals surface area contributed by atoms with Crippen LogP contribution in [0.2, 0.25) is 5.02 Å². The molecule has 1 N–H and O–H groups in total. The van der Waals surface area contributed by atoms with E-state index in [9.17, 15) is 19.1 Å². The van der Waals surface area contributed by atoms with Crippen LogP contribution >= 0.6 is 11.6 Å². The van der Waals surface area contributed by atoms with Gasteiger partial charge in [-0.15, -0.1) is 0 Å². The van der Waals surface area contributed by atoms with E-state index in [1.807, 2.05) is 0 Å². The maximum atomic E-state index is 13.3. The number of halogens is 2. The SMILES string of the molecule is COc1cc(/C(O)=C2/C(=O)C(=O)N(Cc3ccc(F)cc3)C2c2ccc(C)o2)ccc1Cl. The molecule has 1 aliphatic rings. The zero-order valence-electron chi connectivity index (χ0n) is 17.3. The molecule has 3 aromatic rings. The molecule has 0 saturated carbocycles. The molecule has 1 fully saturated rings. The molecule has 164 valence electrons. The molecule has 0 aliphatic carbocycles. The highest BCUT2D eigenvalue weighted by atomic mass is 35.5. The van der Waals surface area contributed by atoms with E-state index < -0.39 is 23.5 Å². The van der Waals surface area contributed by atoms with Crippen molar-refractivity contribution in [3.63, 3.8) is 0 Å². The third-order valence-corrected chi connectivity index (χ3v) is 5.57. The average Bonchev–Trinajstić information content (AvgIpc) is 3.31. The Morgan fingerprint density at radius 1 is 1.16 bits per heavy atom. The van der Waals surface area contributed by atoms with Crippen molar-refractivity contribution in [2.45, 2.75) is 19.5 Å². The molecule has 1 saturated heterocycles. The smallest absolute Gasteiger partial charge is 0.296 e. The number of carbonyl (C=O) groups excluding carboxylic acids is 2. The Hall–Kier alpha value is -3.58. The number of nitrogens with zero attached hydrogens (tertiary/aromatic N) is 1. The van der Waals surface area contributed by atoms with Gasteiger partial charge in [0, 0.05) is 12.1 Å². The molecular formula is C24H19ClFNO5. The first kappa shape index (κ1) is 21.6. The lowest BCUT2D eigenvalue weighted by molar-refractivity contribution is -0.140. The number of benzene rings is 2. The molecule has 2 aromatic carbocycles. The number of amides is 1. The van der Waals surface area contributed by atoms with E-state index in [1.54, 1.807) is 19.1 Å². The van der Waals surface area contributed by atoms with Gasteiger partial charge in [0.25, 0.3) is 11.7 Å². The number of aliphatic hydroxyl groups is 1. The van der Waals surface area contributed by atoms with Gasteiger partial charge in [-0.2, -0.15) is 0 Å². The molecule has 2 heterocycles. The van der Waals surface area contributed by atoms with Crippen molar-refractivity contribution in [3.8, 4) is 5.75 Å². The van der Waals surface area contributed by atoms with Crippen molar-refractivity contribution in [3.05, 3.63) is 93.7 Å². The van der Waals surface area contributed by atoms with Gasteiger partial charge in [0.15, 0.2) is 0 Å². The summed E-state index contributed by atoms with van der Waals surface area (Å²) in [5.74, 6) is -1.22. The Morgan fingerprint density at radius 2 is 1.88 bits per heavy atom. The lowest BCUT2D eigenvalue weighted by atomic mass is 9.99. The van der Waals surface area contributed by atoms with Crippen LogP contribution in [-0.4, -0.2) is 28.8 Å². The van der Waals surface area contributed by atoms with Crippen molar-refractivity contribution >= 4 is 29.1 Å². The molecule has 4 rings (SSSR count). The fraction of sp³-hybridized carbons (Fsp3) is 0.167. The summed E-state index contributed by atoms with van der Waals surface area (Å²) in [6.45, 7) is 1.76. The number of aliphatic hydroxyl groups excluding tert-OH is 1. The van der Waals surface area contributed by atoms with Gasteiger partial charge in [-0.1, -0.05) is 23.7 Å². The van der Waals surface area contributed by atoms with Crippen molar-refractivity contribution < 1.29 is 28.2 Å². The van der Waals surface area contributed by atoms with Crippen LogP contribution in [0.1, 0.15) is 28.7 Å². The van der Waals surface area contributed by atoms with Gasteiger partial charge < -0.3 is 19.2 Å². The second-order valence-corrected chi connectivity index (χ2v) is 7.76. The van der Waals surface area contributed by atoms with E-state index in [-0.39, 0.29) is 23.4 Å². The number of furan rings is 1. The summed E-state index contributed by atoms with van der Waals surface area (Å²) in [6.07, 6.45) is 0. The van der Waals surface area contributed by atoms with Crippen LogP contribution in [0.3, 0.4) is 0 Å². The van der Waals surface area contributed by atoms with Gasteiger partial charge >= 0.3 is 0 Å². The summed E-state index contributed by atoms with van der Waals surface area (Å²) in [5.41, 5.74) is 0.768.